The number of sulfonamides is 1. The second kappa shape index (κ2) is 5.32. The third-order valence-corrected chi connectivity index (χ3v) is 5.09. The van der Waals surface area contributed by atoms with Gasteiger partial charge in [-0.05, 0) is 48.9 Å². The number of nitrogens with zero attached hydrogens (tertiary/aromatic N) is 1. The van der Waals surface area contributed by atoms with Crippen LogP contribution in [0.5, 0.6) is 0 Å². The zero-order valence-corrected chi connectivity index (χ0v) is 11.8. The van der Waals surface area contributed by atoms with Gasteiger partial charge in [-0.15, -0.1) is 0 Å². The number of hydrogen-bond donors (Lipinski definition) is 1. The van der Waals surface area contributed by atoms with Gasteiger partial charge < -0.3 is 0 Å². The topological polar surface area (TPSA) is 70.0 Å². The van der Waals surface area contributed by atoms with Crippen LogP contribution in [0, 0.1) is 16.7 Å². The van der Waals surface area contributed by atoms with E-state index >= 15 is 0 Å². The summed E-state index contributed by atoms with van der Waals surface area (Å²) in [6, 6.07) is 7.96. The van der Waals surface area contributed by atoms with Crippen molar-refractivity contribution in [1.29, 1.82) is 5.26 Å². The average molecular weight is 278 g/mol. The first-order chi connectivity index (χ1) is 9.01. The highest BCUT2D eigenvalue weighted by Gasteiger charge is 2.42. The van der Waals surface area contributed by atoms with Crippen molar-refractivity contribution >= 4 is 10.0 Å². The van der Waals surface area contributed by atoms with Crippen molar-refractivity contribution in [1.82, 2.24) is 4.72 Å². The highest BCUT2D eigenvalue weighted by atomic mass is 32.2. The van der Waals surface area contributed by atoms with E-state index < -0.39 is 10.0 Å². The lowest BCUT2D eigenvalue weighted by molar-refractivity contribution is 0.449. The fourth-order valence-electron chi connectivity index (χ4n) is 2.26. The standard InChI is InChI=1S/C14H18N2O2S/c1-2-7-14(8-9-14)11-16-19(17,18)13-5-3-12(10-15)4-6-13/h3-6,16H,2,7-9,11H2,1H3. The molecule has 0 bridgehead atoms. The molecule has 1 N–H and O–H groups in total. The summed E-state index contributed by atoms with van der Waals surface area (Å²) in [7, 11) is -3.46. The molecule has 1 aliphatic rings. The molecule has 1 aromatic carbocycles. The second-order valence-corrected chi connectivity index (χ2v) is 6.98. The van der Waals surface area contributed by atoms with Gasteiger partial charge in [0, 0.05) is 6.54 Å². The van der Waals surface area contributed by atoms with E-state index in [-0.39, 0.29) is 10.3 Å². The van der Waals surface area contributed by atoms with Gasteiger partial charge in [-0.1, -0.05) is 13.3 Å². The van der Waals surface area contributed by atoms with Crippen LogP contribution in [0.4, 0.5) is 0 Å². The Bertz CT molecular complexity index is 581. The molecule has 102 valence electrons. The van der Waals surface area contributed by atoms with Crippen LogP contribution < -0.4 is 4.72 Å². The number of hydrogen-bond acceptors (Lipinski definition) is 3. The average Bonchev–Trinajstić information content (AvgIpc) is 3.18. The summed E-state index contributed by atoms with van der Waals surface area (Å²) in [5.74, 6) is 0. The molecule has 0 saturated heterocycles. The monoisotopic (exact) mass is 278 g/mol. The fraction of sp³-hybridized carbons (Fsp3) is 0.500. The van der Waals surface area contributed by atoms with Gasteiger partial charge >= 0.3 is 0 Å². The van der Waals surface area contributed by atoms with E-state index in [1.54, 1.807) is 0 Å². The fourth-order valence-corrected chi connectivity index (χ4v) is 3.42. The number of benzene rings is 1. The highest BCUT2D eigenvalue weighted by molar-refractivity contribution is 7.89. The summed E-state index contributed by atoms with van der Waals surface area (Å²) in [6.07, 6.45) is 4.37. The van der Waals surface area contributed by atoms with Gasteiger partial charge in [0.2, 0.25) is 10.0 Å². The van der Waals surface area contributed by atoms with Crippen molar-refractivity contribution in [2.24, 2.45) is 5.41 Å². The van der Waals surface area contributed by atoms with Crippen molar-refractivity contribution in [3.8, 4) is 6.07 Å². The predicted octanol–water partition coefficient (Wildman–Crippen LogP) is 2.42. The van der Waals surface area contributed by atoms with Gasteiger partial charge in [0.1, 0.15) is 0 Å². The Morgan fingerprint density at radius 2 is 1.95 bits per heavy atom. The van der Waals surface area contributed by atoms with E-state index in [2.05, 4.69) is 11.6 Å². The van der Waals surface area contributed by atoms with Crippen LogP contribution in [-0.4, -0.2) is 15.0 Å². The van der Waals surface area contributed by atoms with E-state index in [1.807, 2.05) is 6.07 Å². The number of nitrogens with one attached hydrogen (secondary N) is 1. The van der Waals surface area contributed by atoms with Gasteiger partial charge in [-0.2, -0.15) is 5.26 Å². The normalized spacial score (nSPS) is 16.8. The summed E-state index contributed by atoms with van der Waals surface area (Å²) in [4.78, 5) is 0.221. The maximum Gasteiger partial charge on any atom is 0.240 e. The van der Waals surface area contributed by atoms with Crippen molar-refractivity contribution in [3.05, 3.63) is 29.8 Å². The summed E-state index contributed by atoms with van der Waals surface area (Å²) < 4.78 is 26.9. The maximum absolute atomic E-state index is 12.1. The van der Waals surface area contributed by atoms with Gasteiger partial charge in [-0.3, -0.25) is 0 Å². The Balaban J connectivity index is 2.04. The molecular weight excluding hydrogens is 260 g/mol. The van der Waals surface area contributed by atoms with Gasteiger partial charge in [0.15, 0.2) is 0 Å². The van der Waals surface area contributed by atoms with Crippen molar-refractivity contribution in [2.75, 3.05) is 6.54 Å². The minimum absolute atomic E-state index is 0.189. The van der Waals surface area contributed by atoms with Gasteiger partial charge in [0.25, 0.3) is 0 Å². The Labute approximate surface area is 114 Å². The van der Waals surface area contributed by atoms with E-state index in [0.29, 0.717) is 12.1 Å². The summed E-state index contributed by atoms with van der Waals surface area (Å²) >= 11 is 0. The smallest absolute Gasteiger partial charge is 0.211 e. The molecule has 0 aliphatic heterocycles. The van der Waals surface area contributed by atoms with Crippen LogP contribution in [0.25, 0.3) is 0 Å². The maximum atomic E-state index is 12.1. The summed E-state index contributed by atoms with van der Waals surface area (Å²) in [5, 5.41) is 8.69. The summed E-state index contributed by atoms with van der Waals surface area (Å²) in [5.41, 5.74) is 0.651. The lowest BCUT2D eigenvalue weighted by atomic mass is 10.0. The largest absolute Gasteiger partial charge is 0.240 e. The summed E-state index contributed by atoms with van der Waals surface area (Å²) in [6.45, 7) is 2.64. The molecule has 0 amide bonds. The zero-order chi connectivity index (χ0) is 13.9. The first kappa shape index (κ1) is 14.0. The van der Waals surface area contributed by atoms with Crippen LogP contribution >= 0.6 is 0 Å². The molecular formula is C14H18N2O2S. The molecule has 1 fully saturated rings. The van der Waals surface area contributed by atoms with E-state index in [0.717, 1.165) is 25.7 Å². The van der Waals surface area contributed by atoms with E-state index in [9.17, 15) is 8.42 Å². The molecule has 1 aromatic rings. The van der Waals surface area contributed by atoms with Crippen LogP contribution in [0.15, 0.2) is 29.2 Å². The Hall–Kier alpha value is -1.38. The molecule has 0 heterocycles. The molecule has 4 nitrogen and oxygen atoms in total. The molecule has 19 heavy (non-hydrogen) atoms. The van der Waals surface area contributed by atoms with Crippen LogP contribution in [0.2, 0.25) is 0 Å². The van der Waals surface area contributed by atoms with Crippen molar-refractivity contribution < 1.29 is 8.42 Å². The number of nitriles is 1. The SMILES string of the molecule is CCCC1(CNS(=O)(=O)c2ccc(C#N)cc2)CC1. The van der Waals surface area contributed by atoms with Crippen molar-refractivity contribution in [2.45, 2.75) is 37.5 Å². The molecule has 5 heteroatoms. The molecule has 1 aliphatic carbocycles. The molecule has 0 atom stereocenters. The van der Waals surface area contributed by atoms with Gasteiger partial charge in [-0.25, -0.2) is 13.1 Å². The quantitative estimate of drug-likeness (QED) is 0.868. The molecule has 0 aromatic heterocycles. The second-order valence-electron chi connectivity index (χ2n) is 5.21. The lowest BCUT2D eigenvalue weighted by Crippen LogP contribution is -2.30. The minimum Gasteiger partial charge on any atom is -0.211 e. The Morgan fingerprint density at radius 1 is 1.32 bits per heavy atom. The van der Waals surface area contributed by atoms with Crippen molar-refractivity contribution in [3.63, 3.8) is 0 Å². The molecule has 1 saturated carbocycles. The zero-order valence-electron chi connectivity index (χ0n) is 11.0. The van der Waals surface area contributed by atoms with Crippen LogP contribution in [0.1, 0.15) is 38.2 Å². The lowest BCUT2D eigenvalue weighted by Gasteiger charge is -2.15. The highest BCUT2D eigenvalue weighted by Crippen LogP contribution is 2.49. The first-order valence-corrected chi connectivity index (χ1v) is 7.99. The van der Waals surface area contributed by atoms with Crippen LogP contribution in [0.3, 0.4) is 0 Å². The molecule has 0 spiro atoms. The first-order valence-electron chi connectivity index (χ1n) is 6.51. The third-order valence-electron chi connectivity index (χ3n) is 3.67. The van der Waals surface area contributed by atoms with Gasteiger partial charge in [0.05, 0.1) is 16.5 Å². The molecule has 0 unspecified atom stereocenters. The molecule has 0 radical (unpaired) electrons. The predicted molar refractivity (Wildman–Crippen MR) is 72.9 cm³/mol. The Morgan fingerprint density at radius 3 is 2.42 bits per heavy atom. The van der Waals surface area contributed by atoms with E-state index in [4.69, 9.17) is 5.26 Å². The minimum atomic E-state index is -3.46. The molecule has 2 rings (SSSR count). The van der Waals surface area contributed by atoms with E-state index in [1.165, 1.54) is 24.3 Å². The van der Waals surface area contributed by atoms with Crippen LogP contribution in [-0.2, 0) is 10.0 Å². The third kappa shape index (κ3) is 3.34. The number of rotatable bonds is 6. The Kier molecular flexibility index (Phi) is 3.93.